The molecule has 0 saturated heterocycles. The van der Waals surface area contributed by atoms with E-state index in [0.717, 1.165) is 13.0 Å². The van der Waals surface area contributed by atoms with Gasteiger partial charge in [-0.25, -0.2) is 4.98 Å². The molecule has 86 valence electrons. The topological polar surface area (TPSA) is 24.9 Å². The second-order valence-electron chi connectivity index (χ2n) is 3.69. The van der Waals surface area contributed by atoms with Gasteiger partial charge in [0.1, 0.15) is 0 Å². The molecule has 0 bridgehead atoms. The number of nitrogens with zero attached hydrogens (tertiary/aromatic N) is 1. The van der Waals surface area contributed by atoms with Crippen molar-refractivity contribution in [3.05, 3.63) is 39.0 Å². The van der Waals surface area contributed by atoms with Gasteiger partial charge in [0.15, 0.2) is 0 Å². The first-order valence-electron chi connectivity index (χ1n) is 5.54. The van der Waals surface area contributed by atoms with E-state index in [1.54, 1.807) is 22.7 Å². The number of aromatic nitrogens is 1. The molecule has 0 saturated carbocycles. The van der Waals surface area contributed by atoms with Crippen LogP contribution in [0.2, 0.25) is 0 Å². The molecular formula is C12H16N2S2. The average Bonchev–Trinajstić information content (AvgIpc) is 2.96. The van der Waals surface area contributed by atoms with Gasteiger partial charge in [-0.15, -0.1) is 11.3 Å². The minimum absolute atomic E-state index is 0.414. The van der Waals surface area contributed by atoms with Crippen molar-refractivity contribution < 1.29 is 0 Å². The highest BCUT2D eigenvalue weighted by Crippen LogP contribution is 2.21. The Morgan fingerprint density at radius 3 is 3.00 bits per heavy atom. The number of thiazole rings is 1. The van der Waals surface area contributed by atoms with E-state index >= 15 is 0 Å². The maximum absolute atomic E-state index is 4.36. The summed E-state index contributed by atoms with van der Waals surface area (Å²) in [7, 11) is 0. The second kappa shape index (κ2) is 6.13. The van der Waals surface area contributed by atoms with E-state index in [4.69, 9.17) is 0 Å². The van der Waals surface area contributed by atoms with Crippen molar-refractivity contribution in [2.45, 2.75) is 25.8 Å². The van der Waals surface area contributed by atoms with Gasteiger partial charge in [0, 0.05) is 24.0 Å². The van der Waals surface area contributed by atoms with Crippen LogP contribution < -0.4 is 5.32 Å². The molecule has 2 heterocycles. The molecular weight excluding hydrogens is 236 g/mol. The van der Waals surface area contributed by atoms with E-state index < -0.39 is 0 Å². The number of nitrogens with one attached hydrogen (secondary N) is 1. The van der Waals surface area contributed by atoms with E-state index in [1.165, 1.54) is 17.0 Å². The zero-order chi connectivity index (χ0) is 11.2. The Labute approximate surface area is 104 Å². The molecule has 0 radical (unpaired) electrons. The first-order chi connectivity index (χ1) is 7.90. The Bertz CT molecular complexity index is 381. The standard InChI is InChI=1S/C12H16N2S2/c1-2-4-13-11(10-3-6-15-9-10)8-12-14-5-7-16-12/h3,5-7,9,11,13H,2,4,8H2,1H3. The van der Waals surface area contributed by atoms with Gasteiger partial charge in [-0.3, -0.25) is 0 Å². The van der Waals surface area contributed by atoms with Gasteiger partial charge in [0.25, 0.3) is 0 Å². The molecule has 1 atom stereocenters. The zero-order valence-corrected chi connectivity index (χ0v) is 11.0. The van der Waals surface area contributed by atoms with Crippen LogP contribution in [-0.4, -0.2) is 11.5 Å². The summed E-state index contributed by atoms with van der Waals surface area (Å²) < 4.78 is 0. The number of thiophene rings is 1. The smallest absolute Gasteiger partial charge is 0.0943 e. The summed E-state index contributed by atoms with van der Waals surface area (Å²) in [5, 5.41) is 11.2. The minimum Gasteiger partial charge on any atom is -0.310 e. The number of rotatable bonds is 6. The number of hydrogen-bond acceptors (Lipinski definition) is 4. The van der Waals surface area contributed by atoms with Crippen LogP contribution in [0, 0.1) is 0 Å². The normalized spacial score (nSPS) is 12.8. The Morgan fingerprint density at radius 1 is 1.44 bits per heavy atom. The van der Waals surface area contributed by atoms with Crippen molar-refractivity contribution in [3.8, 4) is 0 Å². The first-order valence-corrected chi connectivity index (χ1v) is 7.36. The van der Waals surface area contributed by atoms with E-state index in [2.05, 4.69) is 34.1 Å². The lowest BCUT2D eigenvalue weighted by molar-refractivity contribution is 0.529. The lowest BCUT2D eigenvalue weighted by Crippen LogP contribution is -2.23. The molecule has 0 amide bonds. The third-order valence-corrected chi connectivity index (χ3v) is 3.95. The molecule has 0 fully saturated rings. The lowest BCUT2D eigenvalue weighted by Gasteiger charge is -2.16. The Balaban J connectivity index is 2.03. The summed E-state index contributed by atoms with van der Waals surface area (Å²) in [6, 6.07) is 2.61. The van der Waals surface area contributed by atoms with Crippen LogP contribution in [0.15, 0.2) is 28.4 Å². The quantitative estimate of drug-likeness (QED) is 0.851. The van der Waals surface area contributed by atoms with E-state index in [9.17, 15) is 0 Å². The largest absolute Gasteiger partial charge is 0.310 e. The fourth-order valence-electron chi connectivity index (χ4n) is 1.63. The van der Waals surface area contributed by atoms with Gasteiger partial charge < -0.3 is 5.32 Å². The molecule has 0 aliphatic carbocycles. The van der Waals surface area contributed by atoms with Crippen molar-refractivity contribution in [2.75, 3.05) is 6.54 Å². The van der Waals surface area contributed by atoms with Gasteiger partial charge in [-0.2, -0.15) is 11.3 Å². The third-order valence-electron chi connectivity index (χ3n) is 2.45. The zero-order valence-electron chi connectivity index (χ0n) is 9.35. The van der Waals surface area contributed by atoms with Crippen LogP contribution in [0.5, 0.6) is 0 Å². The van der Waals surface area contributed by atoms with Crippen LogP contribution >= 0.6 is 22.7 Å². The van der Waals surface area contributed by atoms with Gasteiger partial charge in [-0.1, -0.05) is 6.92 Å². The Hall–Kier alpha value is -0.710. The highest BCUT2D eigenvalue weighted by molar-refractivity contribution is 7.09. The summed E-state index contributed by atoms with van der Waals surface area (Å²) >= 11 is 3.49. The van der Waals surface area contributed by atoms with E-state index in [0.29, 0.717) is 6.04 Å². The highest BCUT2D eigenvalue weighted by Gasteiger charge is 2.12. The highest BCUT2D eigenvalue weighted by atomic mass is 32.1. The molecule has 2 aromatic rings. The summed E-state index contributed by atoms with van der Waals surface area (Å²) in [6.45, 7) is 3.26. The van der Waals surface area contributed by atoms with Gasteiger partial charge in [0.05, 0.1) is 5.01 Å². The van der Waals surface area contributed by atoms with Crippen molar-refractivity contribution in [2.24, 2.45) is 0 Å². The van der Waals surface area contributed by atoms with Gasteiger partial charge in [0.2, 0.25) is 0 Å². The Kier molecular flexibility index (Phi) is 4.51. The minimum atomic E-state index is 0.414. The monoisotopic (exact) mass is 252 g/mol. The van der Waals surface area contributed by atoms with Gasteiger partial charge in [-0.05, 0) is 35.4 Å². The molecule has 0 aliphatic heterocycles. The fraction of sp³-hybridized carbons (Fsp3) is 0.417. The summed E-state index contributed by atoms with van der Waals surface area (Å²) in [4.78, 5) is 4.36. The fourth-order valence-corrected chi connectivity index (χ4v) is 3.01. The van der Waals surface area contributed by atoms with Crippen molar-refractivity contribution in [1.82, 2.24) is 10.3 Å². The van der Waals surface area contributed by atoms with Crippen LogP contribution in [-0.2, 0) is 6.42 Å². The summed E-state index contributed by atoms with van der Waals surface area (Å²) in [6.07, 6.45) is 4.04. The summed E-state index contributed by atoms with van der Waals surface area (Å²) in [5.41, 5.74) is 1.38. The predicted octanol–water partition coefficient (Wildman–Crippen LogP) is 3.49. The molecule has 0 aromatic carbocycles. The average molecular weight is 252 g/mol. The predicted molar refractivity (Wildman–Crippen MR) is 71.2 cm³/mol. The molecule has 2 aromatic heterocycles. The third kappa shape index (κ3) is 3.14. The number of hydrogen-bond donors (Lipinski definition) is 1. The van der Waals surface area contributed by atoms with E-state index in [1.807, 2.05) is 11.6 Å². The van der Waals surface area contributed by atoms with Crippen molar-refractivity contribution in [3.63, 3.8) is 0 Å². The van der Waals surface area contributed by atoms with Crippen LogP contribution in [0.1, 0.15) is 30.0 Å². The van der Waals surface area contributed by atoms with Gasteiger partial charge >= 0.3 is 0 Å². The first kappa shape index (κ1) is 11.8. The molecule has 2 rings (SSSR count). The van der Waals surface area contributed by atoms with Crippen LogP contribution in [0.3, 0.4) is 0 Å². The van der Waals surface area contributed by atoms with Crippen LogP contribution in [0.25, 0.3) is 0 Å². The molecule has 0 aliphatic rings. The maximum Gasteiger partial charge on any atom is 0.0943 e. The summed E-state index contributed by atoms with van der Waals surface area (Å²) in [5.74, 6) is 0. The van der Waals surface area contributed by atoms with E-state index in [-0.39, 0.29) is 0 Å². The van der Waals surface area contributed by atoms with Crippen LogP contribution in [0.4, 0.5) is 0 Å². The SMILES string of the molecule is CCCNC(Cc1nccs1)c1ccsc1. The Morgan fingerprint density at radius 2 is 2.38 bits per heavy atom. The lowest BCUT2D eigenvalue weighted by atomic mass is 10.1. The molecule has 2 nitrogen and oxygen atoms in total. The second-order valence-corrected chi connectivity index (χ2v) is 5.45. The molecule has 4 heteroatoms. The molecule has 1 unspecified atom stereocenters. The van der Waals surface area contributed by atoms with Crippen molar-refractivity contribution in [1.29, 1.82) is 0 Å². The molecule has 16 heavy (non-hydrogen) atoms. The molecule has 1 N–H and O–H groups in total. The molecule has 0 spiro atoms. The van der Waals surface area contributed by atoms with Crippen molar-refractivity contribution >= 4 is 22.7 Å². The maximum atomic E-state index is 4.36.